The van der Waals surface area contributed by atoms with Crippen LogP contribution < -0.4 is 11.2 Å². The second-order valence-corrected chi connectivity index (χ2v) is 4.91. The van der Waals surface area contributed by atoms with E-state index in [9.17, 15) is 15.0 Å². The molecule has 2 aromatic heterocycles. The zero-order valence-corrected chi connectivity index (χ0v) is 11.0. The summed E-state index contributed by atoms with van der Waals surface area (Å²) in [4.78, 5) is 16.0. The molecule has 0 saturated carbocycles. The van der Waals surface area contributed by atoms with E-state index in [-0.39, 0.29) is 22.1 Å². The lowest BCUT2D eigenvalue weighted by Gasteiger charge is -2.20. The minimum absolute atomic E-state index is 0.220. The van der Waals surface area contributed by atoms with Crippen molar-refractivity contribution in [3.8, 4) is 0 Å². The van der Waals surface area contributed by atoms with Crippen LogP contribution in [0.5, 0.6) is 0 Å². The quantitative estimate of drug-likeness (QED) is 0.535. The van der Waals surface area contributed by atoms with Gasteiger partial charge in [-0.3, -0.25) is 4.79 Å². The van der Waals surface area contributed by atoms with Gasteiger partial charge in [-0.05, 0) is 6.07 Å². The van der Waals surface area contributed by atoms with Gasteiger partial charge >= 0.3 is 0 Å². The molecule has 5 N–H and O–H groups in total. The van der Waals surface area contributed by atoms with Gasteiger partial charge in [-0.1, -0.05) is 0 Å². The Morgan fingerprint density at radius 3 is 2.76 bits per heavy atom. The number of aliphatic hydroxyl groups is 3. The fraction of sp³-hybridized carbons (Fsp3) is 0.385. The highest BCUT2D eigenvalue weighted by atomic mass is 16.6. The molecule has 3 heterocycles. The molecule has 1 saturated heterocycles. The van der Waals surface area contributed by atoms with Crippen molar-refractivity contribution in [2.75, 3.05) is 12.3 Å². The fourth-order valence-electron chi connectivity index (χ4n) is 2.53. The summed E-state index contributed by atoms with van der Waals surface area (Å²) in [5.74, 6) is 0. The van der Waals surface area contributed by atoms with E-state index in [1.807, 2.05) is 0 Å². The van der Waals surface area contributed by atoms with Crippen molar-refractivity contribution in [3.63, 3.8) is 0 Å². The number of anilines is 1. The van der Waals surface area contributed by atoms with E-state index in [1.165, 1.54) is 29.1 Å². The Bertz CT molecular complexity index is 731. The zero-order chi connectivity index (χ0) is 15.1. The minimum atomic E-state index is -1.25. The van der Waals surface area contributed by atoms with Gasteiger partial charge in [-0.15, -0.1) is 0 Å². The summed E-state index contributed by atoms with van der Waals surface area (Å²) in [6, 6.07) is 2.79. The summed E-state index contributed by atoms with van der Waals surface area (Å²) < 4.78 is 6.87. The van der Waals surface area contributed by atoms with Gasteiger partial charge in [0.15, 0.2) is 11.7 Å². The number of hydrogen-bond donors (Lipinski definition) is 4. The van der Waals surface area contributed by atoms with Crippen molar-refractivity contribution >= 4 is 16.7 Å². The molecular formula is C13H15N3O5. The lowest BCUT2D eigenvalue weighted by molar-refractivity contribution is -0.0511. The normalized spacial score (nSPS) is 29.1. The Morgan fingerprint density at radius 1 is 1.33 bits per heavy atom. The first-order chi connectivity index (χ1) is 10.0. The third kappa shape index (κ3) is 2.09. The summed E-state index contributed by atoms with van der Waals surface area (Å²) in [5, 5.41) is 29.2. The number of nitrogens with two attached hydrogens (primary N) is 1. The van der Waals surface area contributed by atoms with E-state index in [4.69, 9.17) is 15.6 Å². The highest BCUT2D eigenvalue weighted by Gasteiger charge is 2.43. The topological polar surface area (TPSA) is 131 Å². The Balaban J connectivity index is 2.16. The number of fused-ring (bicyclic) bond motifs is 1. The number of nitrogens with zero attached hydrogens (tertiary/aromatic N) is 2. The Kier molecular flexibility index (Phi) is 3.38. The van der Waals surface area contributed by atoms with Crippen LogP contribution in [0.1, 0.15) is 6.23 Å². The maximum absolute atomic E-state index is 11.9. The second kappa shape index (κ2) is 5.08. The number of rotatable bonds is 2. The first-order valence-corrected chi connectivity index (χ1v) is 6.42. The highest BCUT2D eigenvalue weighted by Crippen LogP contribution is 2.31. The summed E-state index contributed by atoms with van der Waals surface area (Å²) in [5.41, 5.74) is 6.02. The molecule has 0 bridgehead atoms. The van der Waals surface area contributed by atoms with Crippen LogP contribution in [0.2, 0.25) is 0 Å². The lowest BCUT2D eigenvalue weighted by Crippen LogP contribution is -2.33. The lowest BCUT2D eigenvalue weighted by atomic mass is 10.1. The fourth-order valence-corrected chi connectivity index (χ4v) is 2.53. The van der Waals surface area contributed by atoms with E-state index in [2.05, 4.69) is 4.98 Å². The van der Waals surface area contributed by atoms with E-state index in [1.54, 1.807) is 0 Å². The summed E-state index contributed by atoms with van der Waals surface area (Å²) in [6.45, 7) is -0.428. The molecule has 0 aliphatic carbocycles. The first-order valence-electron chi connectivity index (χ1n) is 6.42. The number of hydrogen-bond acceptors (Lipinski definition) is 7. The Hall–Kier alpha value is -2.00. The molecule has 0 spiro atoms. The molecule has 4 atom stereocenters. The van der Waals surface area contributed by atoms with Crippen LogP contribution in [0.3, 0.4) is 0 Å². The van der Waals surface area contributed by atoms with E-state index in [0.29, 0.717) is 0 Å². The molecule has 112 valence electrons. The standard InChI is InChI=1S/C13H15N3O5/c14-6-1-3-15-12-9(6)7(18)2-4-16(12)13-11(20)10(19)8(5-17)21-13/h1-4,8,10-11,13,17,19-20H,5H2,(H2,14,15)/t8-,10-,11-,13-/m1/s1. The number of pyridine rings is 2. The van der Waals surface area contributed by atoms with Crippen LogP contribution in [0.4, 0.5) is 5.69 Å². The smallest absolute Gasteiger partial charge is 0.193 e. The van der Waals surface area contributed by atoms with Crippen molar-refractivity contribution in [1.82, 2.24) is 9.55 Å². The molecule has 0 unspecified atom stereocenters. The number of nitrogen functional groups attached to an aromatic ring is 1. The molecule has 0 aromatic carbocycles. The van der Waals surface area contributed by atoms with Gasteiger partial charge in [0.05, 0.1) is 12.0 Å². The van der Waals surface area contributed by atoms with Gasteiger partial charge in [0.2, 0.25) is 0 Å². The van der Waals surface area contributed by atoms with Gasteiger partial charge < -0.3 is 30.4 Å². The molecule has 1 aliphatic rings. The monoisotopic (exact) mass is 293 g/mol. The average Bonchev–Trinajstić information content (AvgIpc) is 2.76. The van der Waals surface area contributed by atoms with Gasteiger partial charge in [-0.25, -0.2) is 4.98 Å². The van der Waals surface area contributed by atoms with Crippen molar-refractivity contribution in [3.05, 3.63) is 34.7 Å². The number of ether oxygens (including phenoxy) is 1. The van der Waals surface area contributed by atoms with Gasteiger partial charge in [0, 0.05) is 24.1 Å². The van der Waals surface area contributed by atoms with E-state index in [0.717, 1.165) is 0 Å². The maximum Gasteiger partial charge on any atom is 0.193 e. The highest BCUT2D eigenvalue weighted by molar-refractivity contribution is 5.87. The Labute approximate surface area is 119 Å². The van der Waals surface area contributed by atoms with Crippen molar-refractivity contribution in [2.24, 2.45) is 0 Å². The SMILES string of the molecule is Nc1ccnc2c1c(=O)ccn2[C@@H]1O[C@H](CO)[C@@H](O)[C@H]1O. The predicted molar refractivity (Wildman–Crippen MR) is 73.4 cm³/mol. The third-order valence-corrected chi connectivity index (χ3v) is 3.63. The predicted octanol–water partition coefficient (Wildman–Crippen LogP) is -1.41. The van der Waals surface area contributed by atoms with Gasteiger partial charge in [0.1, 0.15) is 24.0 Å². The van der Waals surface area contributed by atoms with E-state index < -0.39 is 31.1 Å². The summed E-state index contributed by atoms with van der Waals surface area (Å²) >= 11 is 0. The zero-order valence-electron chi connectivity index (χ0n) is 11.0. The van der Waals surface area contributed by atoms with Gasteiger partial charge in [0.25, 0.3) is 0 Å². The second-order valence-electron chi connectivity index (χ2n) is 4.91. The third-order valence-electron chi connectivity index (χ3n) is 3.63. The first kappa shape index (κ1) is 14.0. The van der Waals surface area contributed by atoms with Crippen molar-refractivity contribution in [1.29, 1.82) is 0 Å². The van der Waals surface area contributed by atoms with Gasteiger partial charge in [-0.2, -0.15) is 0 Å². The van der Waals surface area contributed by atoms with Crippen LogP contribution in [0.25, 0.3) is 11.0 Å². The minimum Gasteiger partial charge on any atom is -0.398 e. The molecule has 1 aliphatic heterocycles. The molecule has 21 heavy (non-hydrogen) atoms. The largest absolute Gasteiger partial charge is 0.398 e. The molecule has 8 nitrogen and oxygen atoms in total. The van der Waals surface area contributed by atoms with Crippen molar-refractivity contribution < 1.29 is 20.1 Å². The molecule has 0 amide bonds. The maximum atomic E-state index is 11.9. The van der Waals surface area contributed by atoms with Crippen LogP contribution in [0.15, 0.2) is 29.3 Å². The molecule has 1 fully saturated rings. The van der Waals surface area contributed by atoms with Crippen molar-refractivity contribution in [2.45, 2.75) is 24.5 Å². The summed E-state index contributed by atoms with van der Waals surface area (Å²) in [7, 11) is 0. The number of aliphatic hydroxyl groups excluding tert-OH is 3. The van der Waals surface area contributed by atoms with Crippen LogP contribution in [0, 0.1) is 0 Å². The molecule has 0 radical (unpaired) electrons. The molecular weight excluding hydrogens is 278 g/mol. The van der Waals surface area contributed by atoms with Crippen LogP contribution in [-0.4, -0.2) is 49.8 Å². The average molecular weight is 293 g/mol. The molecule has 2 aromatic rings. The van der Waals surface area contributed by atoms with Crippen LogP contribution >= 0.6 is 0 Å². The summed E-state index contributed by atoms with van der Waals surface area (Å²) in [6.07, 6.45) is -1.49. The number of aromatic nitrogens is 2. The molecule has 8 heteroatoms. The van der Waals surface area contributed by atoms with E-state index >= 15 is 0 Å². The Morgan fingerprint density at radius 2 is 2.10 bits per heavy atom. The van der Waals surface area contributed by atoms with Crippen LogP contribution in [-0.2, 0) is 4.74 Å². The molecule has 3 rings (SSSR count).